The van der Waals surface area contributed by atoms with Crippen LogP contribution in [-0.2, 0) is 9.59 Å². The Kier molecular flexibility index (Phi) is 2.56. The highest BCUT2D eigenvalue weighted by Crippen LogP contribution is 2.37. The zero-order valence-electron chi connectivity index (χ0n) is 7.67. The molecule has 5 N–H and O–H groups in total. The number of carbonyl (C=O) groups is 2. The maximum atomic E-state index is 11.4. The van der Waals surface area contributed by atoms with Crippen LogP contribution >= 0.6 is 0 Å². The molecule has 13 heavy (non-hydrogen) atoms. The maximum absolute atomic E-state index is 11.4. The summed E-state index contributed by atoms with van der Waals surface area (Å²) in [7, 11) is 0. The summed E-state index contributed by atoms with van der Waals surface area (Å²) < 4.78 is 0. The molecule has 0 aromatic carbocycles. The summed E-state index contributed by atoms with van der Waals surface area (Å²) >= 11 is 0. The first kappa shape index (κ1) is 9.98. The molecule has 0 radical (unpaired) electrons. The van der Waals surface area contributed by atoms with E-state index in [1.54, 1.807) is 6.92 Å². The molecule has 0 aromatic rings. The van der Waals surface area contributed by atoms with E-state index in [2.05, 4.69) is 5.32 Å². The molecule has 1 unspecified atom stereocenters. The van der Waals surface area contributed by atoms with Crippen LogP contribution in [0.3, 0.4) is 0 Å². The summed E-state index contributed by atoms with van der Waals surface area (Å²) in [6.07, 6.45) is 1.97. The van der Waals surface area contributed by atoms with E-state index in [1.807, 2.05) is 0 Å². The van der Waals surface area contributed by atoms with Gasteiger partial charge in [0.25, 0.3) is 0 Å². The van der Waals surface area contributed by atoms with Gasteiger partial charge < -0.3 is 16.8 Å². The second-order valence-electron chi connectivity index (χ2n) is 3.71. The Bertz CT molecular complexity index is 234. The monoisotopic (exact) mass is 185 g/mol. The quantitative estimate of drug-likeness (QED) is 0.508. The van der Waals surface area contributed by atoms with Gasteiger partial charge in [-0.3, -0.25) is 9.59 Å². The van der Waals surface area contributed by atoms with Crippen molar-refractivity contribution < 1.29 is 9.59 Å². The maximum Gasteiger partial charge on any atom is 0.240 e. The van der Waals surface area contributed by atoms with Crippen molar-refractivity contribution in [2.45, 2.75) is 25.3 Å². The number of nitrogens with two attached hydrogens (primary N) is 2. The van der Waals surface area contributed by atoms with E-state index in [-0.39, 0.29) is 18.4 Å². The van der Waals surface area contributed by atoms with Gasteiger partial charge in [-0.25, -0.2) is 0 Å². The molecule has 5 heteroatoms. The molecule has 0 spiro atoms. The zero-order chi connectivity index (χ0) is 10.1. The van der Waals surface area contributed by atoms with Gasteiger partial charge in [0.1, 0.15) is 0 Å². The standard InChI is InChI=1S/C8H15N3O2/c1-8(10,5-2-3-5)7(13)11-4-6(9)12/h5H,2-4,10H2,1H3,(H2,9,12)(H,11,13). The van der Waals surface area contributed by atoms with Crippen LogP contribution in [0.5, 0.6) is 0 Å². The number of nitrogens with one attached hydrogen (secondary N) is 1. The third kappa shape index (κ3) is 2.42. The average Bonchev–Trinajstić information content (AvgIpc) is 2.81. The van der Waals surface area contributed by atoms with Crippen LogP contribution in [0, 0.1) is 5.92 Å². The largest absolute Gasteiger partial charge is 0.368 e. The molecule has 5 nitrogen and oxygen atoms in total. The van der Waals surface area contributed by atoms with E-state index in [4.69, 9.17) is 11.5 Å². The predicted molar refractivity (Wildman–Crippen MR) is 47.5 cm³/mol. The van der Waals surface area contributed by atoms with Crippen molar-refractivity contribution in [1.82, 2.24) is 5.32 Å². The topological polar surface area (TPSA) is 98.2 Å². The minimum absolute atomic E-state index is 0.141. The molecule has 0 heterocycles. The van der Waals surface area contributed by atoms with E-state index in [1.165, 1.54) is 0 Å². The van der Waals surface area contributed by atoms with Gasteiger partial charge >= 0.3 is 0 Å². The van der Waals surface area contributed by atoms with Gasteiger partial charge in [0.15, 0.2) is 0 Å². The van der Waals surface area contributed by atoms with E-state index >= 15 is 0 Å². The van der Waals surface area contributed by atoms with E-state index < -0.39 is 11.4 Å². The second kappa shape index (κ2) is 3.33. The van der Waals surface area contributed by atoms with Crippen molar-refractivity contribution >= 4 is 11.8 Å². The number of carbonyl (C=O) groups excluding carboxylic acids is 2. The fourth-order valence-corrected chi connectivity index (χ4v) is 1.23. The Morgan fingerprint density at radius 3 is 2.46 bits per heavy atom. The fraction of sp³-hybridized carbons (Fsp3) is 0.750. The van der Waals surface area contributed by atoms with Gasteiger partial charge in [-0.1, -0.05) is 0 Å². The van der Waals surface area contributed by atoms with Crippen LogP contribution in [-0.4, -0.2) is 23.9 Å². The molecule has 1 fully saturated rings. The summed E-state index contributed by atoms with van der Waals surface area (Å²) in [6, 6.07) is 0. The highest BCUT2D eigenvalue weighted by atomic mass is 16.2. The lowest BCUT2D eigenvalue weighted by atomic mass is 9.96. The molecule has 0 aliphatic heterocycles. The predicted octanol–water partition coefficient (Wildman–Crippen LogP) is -1.28. The molecular weight excluding hydrogens is 170 g/mol. The van der Waals surface area contributed by atoms with Gasteiger partial charge in [-0.2, -0.15) is 0 Å². The van der Waals surface area contributed by atoms with Crippen molar-refractivity contribution in [3.05, 3.63) is 0 Å². The first-order chi connectivity index (χ1) is 5.94. The van der Waals surface area contributed by atoms with Crippen molar-refractivity contribution in [2.75, 3.05) is 6.54 Å². The Labute approximate surface area is 76.8 Å². The third-order valence-electron chi connectivity index (χ3n) is 2.34. The molecule has 74 valence electrons. The van der Waals surface area contributed by atoms with Crippen LogP contribution in [0.15, 0.2) is 0 Å². The number of primary amides is 1. The van der Waals surface area contributed by atoms with Crippen molar-refractivity contribution in [1.29, 1.82) is 0 Å². The second-order valence-corrected chi connectivity index (χ2v) is 3.71. The Morgan fingerprint density at radius 2 is 2.08 bits per heavy atom. The van der Waals surface area contributed by atoms with Gasteiger partial charge in [0, 0.05) is 0 Å². The van der Waals surface area contributed by atoms with Crippen molar-refractivity contribution in [2.24, 2.45) is 17.4 Å². The van der Waals surface area contributed by atoms with Gasteiger partial charge in [0.2, 0.25) is 11.8 Å². The average molecular weight is 185 g/mol. The smallest absolute Gasteiger partial charge is 0.240 e. The lowest BCUT2D eigenvalue weighted by molar-refractivity contribution is -0.128. The molecule has 0 saturated heterocycles. The zero-order valence-corrected chi connectivity index (χ0v) is 7.67. The summed E-state index contributed by atoms with van der Waals surface area (Å²) in [5.41, 5.74) is 9.82. The Hall–Kier alpha value is -1.10. The first-order valence-corrected chi connectivity index (χ1v) is 4.30. The normalized spacial score (nSPS) is 20.5. The van der Waals surface area contributed by atoms with Gasteiger partial charge in [-0.15, -0.1) is 0 Å². The summed E-state index contributed by atoms with van der Waals surface area (Å²) in [6.45, 7) is 1.54. The molecule has 1 saturated carbocycles. The van der Waals surface area contributed by atoms with Crippen LogP contribution in [0.4, 0.5) is 0 Å². The highest BCUT2D eigenvalue weighted by molar-refractivity contribution is 5.89. The van der Waals surface area contributed by atoms with Crippen molar-refractivity contribution in [3.63, 3.8) is 0 Å². The van der Waals surface area contributed by atoms with E-state index in [9.17, 15) is 9.59 Å². The molecule has 0 aromatic heterocycles. The van der Waals surface area contributed by atoms with Crippen LogP contribution < -0.4 is 16.8 Å². The Balaban J connectivity index is 2.41. The van der Waals surface area contributed by atoms with Crippen LogP contribution in [0.25, 0.3) is 0 Å². The van der Waals surface area contributed by atoms with Crippen molar-refractivity contribution in [3.8, 4) is 0 Å². The molecule has 1 aliphatic carbocycles. The molecule has 1 atom stereocenters. The van der Waals surface area contributed by atoms with Crippen LogP contribution in [0.2, 0.25) is 0 Å². The first-order valence-electron chi connectivity index (χ1n) is 4.30. The van der Waals surface area contributed by atoms with Gasteiger partial charge in [-0.05, 0) is 25.7 Å². The summed E-state index contributed by atoms with van der Waals surface area (Å²) in [4.78, 5) is 21.8. The third-order valence-corrected chi connectivity index (χ3v) is 2.34. The summed E-state index contributed by atoms with van der Waals surface area (Å²) in [5, 5.41) is 2.41. The fourth-order valence-electron chi connectivity index (χ4n) is 1.23. The molecular formula is C8H15N3O2. The minimum Gasteiger partial charge on any atom is -0.368 e. The Morgan fingerprint density at radius 1 is 1.54 bits per heavy atom. The lowest BCUT2D eigenvalue weighted by Crippen LogP contribution is -2.54. The lowest BCUT2D eigenvalue weighted by Gasteiger charge is -2.22. The van der Waals surface area contributed by atoms with Crippen LogP contribution in [0.1, 0.15) is 19.8 Å². The molecule has 1 aliphatic rings. The number of amides is 2. The SMILES string of the molecule is CC(N)(C(=O)NCC(N)=O)C1CC1. The minimum atomic E-state index is -0.852. The van der Waals surface area contributed by atoms with E-state index in [0.29, 0.717) is 0 Å². The number of hydrogen-bond donors (Lipinski definition) is 3. The molecule has 1 rings (SSSR count). The number of hydrogen-bond acceptors (Lipinski definition) is 3. The molecule has 0 bridgehead atoms. The van der Waals surface area contributed by atoms with Gasteiger partial charge in [0.05, 0.1) is 12.1 Å². The molecule has 2 amide bonds. The highest BCUT2D eigenvalue weighted by Gasteiger charge is 2.43. The van der Waals surface area contributed by atoms with E-state index in [0.717, 1.165) is 12.8 Å². The number of rotatable bonds is 4. The summed E-state index contributed by atoms with van der Waals surface area (Å²) in [5.74, 6) is -0.603.